The average molecular weight is 300 g/mol. The van der Waals surface area contributed by atoms with Gasteiger partial charge in [-0.3, -0.25) is 4.79 Å². The number of carbonyl (C=O) groups is 1. The van der Waals surface area contributed by atoms with Crippen LogP contribution in [0.2, 0.25) is 0 Å². The first-order chi connectivity index (χ1) is 11.2. The van der Waals surface area contributed by atoms with Crippen LogP contribution in [0.4, 0.5) is 5.69 Å². The Kier molecular flexibility index (Phi) is 4.07. The van der Waals surface area contributed by atoms with Crippen molar-refractivity contribution in [2.45, 2.75) is 13.5 Å². The van der Waals surface area contributed by atoms with E-state index in [1.54, 1.807) is 18.2 Å². The lowest BCUT2D eigenvalue weighted by Crippen LogP contribution is -2.03. The van der Waals surface area contributed by atoms with Crippen LogP contribution in [0, 0.1) is 11.3 Å². The van der Waals surface area contributed by atoms with E-state index in [0.29, 0.717) is 23.4 Å². The van der Waals surface area contributed by atoms with Crippen molar-refractivity contribution >= 4 is 22.2 Å². The summed E-state index contributed by atoms with van der Waals surface area (Å²) in [5, 5.41) is 14.9. The number of hydrogen-bond acceptors (Lipinski definition) is 3. The Morgan fingerprint density at radius 1 is 1.04 bits per heavy atom. The van der Waals surface area contributed by atoms with E-state index in [0.717, 1.165) is 5.56 Å². The van der Waals surface area contributed by atoms with Gasteiger partial charge >= 0.3 is 0 Å². The number of hydrogen-bond donors (Lipinski definition) is 1. The summed E-state index contributed by atoms with van der Waals surface area (Å²) in [6, 6.07) is 21.7. The molecule has 112 valence electrons. The van der Waals surface area contributed by atoms with E-state index >= 15 is 0 Å². The number of benzene rings is 3. The summed E-state index contributed by atoms with van der Waals surface area (Å²) < 4.78 is 0. The summed E-state index contributed by atoms with van der Waals surface area (Å²) in [7, 11) is 0. The van der Waals surface area contributed by atoms with Crippen LogP contribution < -0.4 is 5.32 Å². The van der Waals surface area contributed by atoms with E-state index in [4.69, 9.17) is 0 Å². The number of rotatable bonds is 4. The minimum absolute atomic E-state index is 0.0109. The van der Waals surface area contributed by atoms with Gasteiger partial charge in [-0.2, -0.15) is 5.26 Å². The summed E-state index contributed by atoms with van der Waals surface area (Å²) >= 11 is 0. The third-order valence-electron chi connectivity index (χ3n) is 3.84. The van der Waals surface area contributed by atoms with Gasteiger partial charge in [0.2, 0.25) is 0 Å². The maximum absolute atomic E-state index is 11.5. The normalized spacial score (nSPS) is 10.3. The molecule has 3 nitrogen and oxygen atoms in total. The molecule has 0 bridgehead atoms. The van der Waals surface area contributed by atoms with Gasteiger partial charge in [0.25, 0.3) is 0 Å². The lowest BCUT2D eigenvalue weighted by Gasteiger charge is -2.10. The Bertz CT molecular complexity index is 922. The largest absolute Gasteiger partial charge is 0.380 e. The summed E-state index contributed by atoms with van der Waals surface area (Å²) in [6.07, 6.45) is 0. The number of nitrogens with one attached hydrogen (secondary N) is 1. The van der Waals surface area contributed by atoms with E-state index in [1.165, 1.54) is 17.7 Å². The third kappa shape index (κ3) is 3.22. The monoisotopic (exact) mass is 300 g/mol. The molecule has 0 aliphatic rings. The maximum Gasteiger partial charge on any atom is 0.159 e. The Labute approximate surface area is 135 Å². The molecular formula is C20H16N2O. The highest BCUT2D eigenvalue weighted by Crippen LogP contribution is 2.20. The third-order valence-corrected chi connectivity index (χ3v) is 3.84. The van der Waals surface area contributed by atoms with Gasteiger partial charge in [0.05, 0.1) is 11.3 Å². The first kappa shape index (κ1) is 14.8. The highest BCUT2D eigenvalue weighted by molar-refractivity contribution is 5.95. The van der Waals surface area contributed by atoms with E-state index in [2.05, 4.69) is 41.7 Å². The van der Waals surface area contributed by atoms with E-state index < -0.39 is 0 Å². The second kappa shape index (κ2) is 6.33. The highest BCUT2D eigenvalue weighted by Gasteiger charge is 2.06. The first-order valence-electron chi connectivity index (χ1n) is 7.44. The summed E-state index contributed by atoms with van der Waals surface area (Å²) in [5.41, 5.74) is 2.95. The van der Waals surface area contributed by atoms with Crippen molar-refractivity contribution in [3.63, 3.8) is 0 Å². The van der Waals surface area contributed by atoms with Crippen molar-refractivity contribution in [1.29, 1.82) is 5.26 Å². The summed E-state index contributed by atoms with van der Waals surface area (Å²) in [5.74, 6) is -0.0109. The Balaban J connectivity index is 1.85. The summed E-state index contributed by atoms with van der Waals surface area (Å²) in [6.45, 7) is 2.12. The van der Waals surface area contributed by atoms with Crippen LogP contribution in [-0.4, -0.2) is 5.78 Å². The molecule has 3 aromatic carbocycles. The number of anilines is 1. The molecule has 0 aliphatic heterocycles. The Hall–Kier alpha value is -3.12. The van der Waals surface area contributed by atoms with Crippen LogP contribution in [-0.2, 0) is 6.54 Å². The van der Waals surface area contributed by atoms with Gasteiger partial charge in [-0.25, -0.2) is 0 Å². The van der Waals surface area contributed by atoms with Crippen molar-refractivity contribution in [2.75, 3.05) is 5.32 Å². The maximum atomic E-state index is 11.5. The average Bonchev–Trinajstić information content (AvgIpc) is 2.59. The molecule has 3 rings (SSSR count). The van der Waals surface area contributed by atoms with Gasteiger partial charge in [0, 0.05) is 12.1 Å². The highest BCUT2D eigenvalue weighted by atomic mass is 16.1. The second-order valence-electron chi connectivity index (χ2n) is 5.46. The van der Waals surface area contributed by atoms with E-state index in [9.17, 15) is 10.1 Å². The molecule has 0 radical (unpaired) electrons. The van der Waals surface area contributed by atoms with Gasteiger partial charge in [-0.05, 0) is 47.5 Å². The molecule has 23 heavy (non-hydrogen) atoms. The van der Waals surface area contributed by atoms with Crippen LogP contribution in [0.1, 0.15) is 28.4 Å². The quantitative estimate of drug-likeness (QED) is 0.720. The Morgan fingerprint density at radius 2 is 1.83 bits per heavy atom. The predicted octanol–water partition coefficient (Wildman–Crippen LogP) is 4.53. The molecule has 0 atom stereocenters. The lowest BCUT2D eigenvalue weighted by atomic mass is 10.1. The van der Waals surface area contributed by atoms with Crippen molar-refractivity contribution in [3.05, 3.63) is 77.4 Å². The van der Waals surface area contributed by atoms with Crippen LogP contribution in [0.15, 0.2) is 60.7 Å². The molecule has 0 aromatic heterocycles. The zero-order valence-electron chi connectivity index (χ0n) is 12.8. The molecule has 0 aliphatic carbocycles. The fourth-order valence-electron chi connectivity index (χ4n) is 2.55. The molecule has 0 spiro atoms. The van der Waals surface area contributed by atoms with Gasteiger partial charge in [0.15, 0.2) is 5.78 Å². The molecule has 0 fully saturated rings. The molecule has 3 aromatic rings. The van der Waals surface area contributed by atoms with Crippen LogP contribution >= 0.6 is 0 Å². The molecule has 0 heterocycles. The van der Waals surface area contributed by atoms with Gasteiger partial charge in [-0.15, -0.1) is 0 Å². The fourth-order valence-corrected chi connectivity index (χ4v) is 2.55. The van der Waals surface area contributed by atoms with Gasteiger partial charge < -0.3 is 5.32 Å². The molecule has 3 heteroatoms. The van der Waals surface area contributed by atoms with Gasteiger partial charge in [-0.1, -0.05) is 36.4 Å². The molecular weight excluding hydrogens is 284 g/mol. The zero-order chi connectivity index (χ0) is 16.2. The van der Waals surface area contributed by atoms with E-state index in [1.807, 2.05) is 12.1 Å². The number of Topliss-reactive ketones (excluding diaryl/α,β-unsaturated/α-hetero) is 1. The number of nitrogens with zero attached hydrogens (tertiary/aromatic N) is 1. The zero-order valence-corrected chi connectivity index (χ0v) is 12.8. The standard InChI is InChI=1S/C20H16N2O/c1-14(23)17-8-9-19(12-21)20(11-17)22-13-15-6-7-16-4-2-3-5-18(16)10-15/h2-11,22H,13H2,1H3. The Morgan fingerprint density at radius 3 is 2.57 bits per heavy atom. The number of nitriles is 1. The topological polar surface area (TPSA) is 52.9 Å². The predicted molar refractivity (Wildman–Crippen MR) is 92.4 cm³/mol. The van der Waals surface area contributed by atoms with Crippen LogP contribution in [0.5, 0.6) is 0 Å². The van der Waals surface area contributed by atoms with Crippen molar-refractivity contribution < 1.29 is 4.79 Å². The van der Waals surface area contributed by atoms with Crippen molar-refractivity contribution in [1.82, 2.24) is 0 Å². The van der Waals surface area contributed by atoms with Crippen LogP contribution in [0.25, 0.3) is 10.8 Å². The number of ketones is 1. The molecule has 1 N–H and O–H groups in total. The smallest absolute Gasteiger partial charge is 0.159 e. The number of fused-ring (bicyclic) bond motifs is 1. The van der Waals surface area contributed by atoms with Crippen molar-refractivity contribution in [2.24, 2.45) is 0 Å². The second-order valence-corrected chi connectivity index (χ2v) is 5.46. The molecule has 0 amide bonds. The molecule has 0 unspecified atom stereocenters. The van der Waals surface area contributed by atoms with Crippen molar-refractivity contribution in [3.8, 4) is 6.07 Å². The SMILES string of the molecule is CC(=O)c1ccc(C#N)c(NCc2ccc3ccccc3c2)c1. The number of carbonyl (C=O) groups excluding carboxylic acids is 1. The van der Waals surface area contributed by atoms with Crippen LogP contribution in [0.3, 0.4) is 0 Å². The summed E-state index contributed by atoms with van der Waals surface area (Å²) in [4.78, 5) is 11.5. The van der Waals surface area contributed by atoms with Gasteiger partial charge in [0.1, 0.15) is 6.07 Å². The van der Waals surface area contributed by atoms with E-state index in [-0.39, 0.29) is 5.78 Å². The minimum Gasteiger partial charge on any atom is -0.380 e. The fraction of sp³-hybridized carbons (Fsp3) is 0.100. The molecule has 0 saturated heterocycles. The molecule has 0 saturated carbocycles. The first-order valence-corrected chi connectivity index (χ1v) is 7.44. The minimum atomic E-state index is -0.0109. The lowest BCUT2D eigenvalue weighted by molar-refractivity contribution is 0.101.